The van der Waals surface area contributed by atoms with Gasteiger partial charge in [0.15, 0.2) is 0 Å². The van der Waals surface area contributed by atoms with E-state index in [1.54, 1.807) is 12.3 Å². The van der Waals surface area contributed by atoms with Crippen molar-refractivity contribution in [2.75, 3.05) is 32.1 Å². The number of piperidine rings is 1. The van der Waals surface area contributed by atoms with Crippen LogP contribution in [0.15, 0.2) is 24.4 Å². The van der Waals surface area contributed by atoms with E-state index in [4.69, 9.17) is 0 Å². The van der Waals surface area contributed by atoms with Crippen LogP contribution < -0.4 is 4.90 Å². The Morgan fingerprint density at radius 3 is 2.91 bits per heavy atom. The van der Waals surface area contributed by atoms with Crippen molar-refractivity contribution in [1.82, 2.24) is 20.1 Å². The minimum Gasteiger partial charge on any atom is -0.363 e. The number of carbonyl (C=O) groups is 1. The van der Waals surface area contributed by atoms with Crippen molar-refractivity contribution >= 4 is 11.7 Å². The molecule has 23 heavy (non-hydrogen) atoms. The van der Waals surface area contributed by atoms with Gasteiger partial charge in [-0.1, -0.05) is 0 Å². The Morgan fingerprint density at radius 1 is 1.39 bits per heavy atom. The molecule has 1 saturated heterocycles. The normalized spacial score (nSPS) is 18.0. The van der Waals surface area contributed by atoms with Crippen LogP contribution in [0, 0.1) is 6.92 Å². The molecule has 3 rings (SSSR count). The first-order chi connectivity index (χ1) is 11.0. The Balaban J connectivity index is 1.75. The zero-order valence-electron chi connectivity index (χ0n) is 13.9. The van der Waals surface area contributed by atoms with E-state index in [1.165, 1.54) is 0 Å². The summed E-state index contributed by atoms with van der Waals surface area (Å²) in [5.74, 6) is 1.19. The number of rotatable bonds is 3. The molecule has 2 aromatic heterocycles. The van der Waals surface area contributed by atoms with Gasteiger partial charge in [-0.25, -0.2) is 4.98 Å². The van der Waals surface area contributed by atoms with E-state index in [-0.39, 0.29) is 5.91 Å². The number of aromatic amines is 1. The standard InChI is InChI=1S/C17H23N5O/c1-12-9-15(20-19-12)14-5-4-8-22(11-14)17(23)13-6-7-18-16(10-13)21(2)3/h6-7,9-10,14H,4-5,8,11H2,1-3H3,(H,19,20)/t14-/m1/s1. The van der Waals surface area contributed by atoms with E-state index in [0.717, 1.165) is 43.1 Å². The molecule has 0 radical (unpaired) electrons. The molecule has 0 aromatic carbocycles. The molecule has 1 amide bonds. The van der Waals surface area contributed by atoms with E-state index < -0.39 is 0 Å². The van der Waals surface area contributed by atoms with Crippen molar-refractivity contribution in [2.45, 2.75) is 25.7 Å². The number of nitrogens with zero attached hydrogens (tertiary/aromatic N) is 4. The fraction of sp³-hybridized carbons (Fsp3) is 0.471. The number of aryl methyl sites for hydroxylation is 1. The molecular weight excluding hydrogens is 290 g/mol. The summed E-state index contributed by atoms with van der Waals surface area (Å²) in [7, 11) is 3.85. The van der Waals surface area contributed by atoms with Gasteiger partial charge < -0.3 is 9.80 Å². The quantitative estimate of drug-likeness (QED) is 0.943. The molecule has 0 aliphatic carbocycles. The zero-order chi connectivity index (χ0) is 16.4. The van der Waals surface area contributed by atoms with Crippen LogP contribution in [0.4, 0.5) is 5.82 Å². The maximum Gasteiger partial charge on any atom is 0.254 e. The highest BCUT2D eigenvalue weighted by atomic mass is 16.2. The Kier molecular flexibility index (Phi) is 4.32. The first-order valence-electron chi connectivity index (χ1n) is 7.99. The van der Waals surface area contributed by atoms with Gasteiger partial charge in [0.1, 0.15) is 5.82 Å². The van der Waals surface area contributed by atoms with E-state index in [2.05, 4.69) is 21.2 Å². The highest BCUT2D eigenvalue weighted by molar-refractivity contribution is 5.95. The number of nitrogens with one attached hydrogen (secondary N) is 1. The van der Waals surface area contributed by atoms with E-state index >= 15 is 0 Å². The summed E-state index contributed by atoms with van der Waals surface area (Å²) in [5, 5.41) is 7.36. The molecule has 6 heteroatoms. The third-order valence-corrected chi connectivity index (χ3v) is 4.30. The summed E-state index contributed by atoms with van der Waals surface area (Å²) in [6.07, 6.45) is 3.78. The predicted octanol–water partition coefficient (Wildman–Crippen LogP) is 2.20. The number of carbonyl (C=O) groups excluding carboxylic acids is 1. The molecule has 0 spiro atoms. The maximum atomic E-state index is 12.8. The number of amides is 1. The van der Waals surface area contributed by atoms with Crippen LogP contribution in [0.2, 0.25) is 0 Å². The lowest BCUT2D eigenvalue weighted by Gasteiger charge is -2.32. The number of likely N-dealkylation sites (tertiary alicyclic amines) is 1. The number of pyridine rings is 1. The van der Waals surface area contributed by atoms with Gasteiger partial charge in [-0.2, -0.15) is 5.10 Å². The maximum absolute atomic E-state index is 12.8. The van der Waals surface area contributed by atoms with E-state index in [1.807, 2.05) is 36.9 Å². The van der Waals surface area contributed by atoms with Crippen LogP contribution in [0.1, 0.15) is 40.5 Å². The summed E-state index contributed by atoms with van der Waals surface area (Å²) in [6.45, 7) is 3.53. The van der Waals surface area contributed by atoms with Crippen LogP contribution in [-0.4, -0.2) is 53.2 Å². The molecule has 0 bridgehead atoms. The lowest BCUT2D eigenvalue weighted by Crippen LogP contribution is -2.39. The highest BCUT2D eigenvalue weighted by Gasteiger charge is 2.27. The molecule has 6 nitrogen and oxygen atoms in total. The van der Waals surface area contributed by atoms with Gasteiger partial charge in [0, 0.05) is 50.6 Å². The largest absolute Gasteiger partial charge is 0.363 e. The van der Waals surface area contributed by atoms with Crippen molar-refractivity contribution in [1.29, 1.82) is 0 Å². The van der Waals surface area contributed by atoms with Gasteiger partial charge in [-0.05, 0) is 38.0 Å². The molecule has 1 fully saturated rings. The van der Waals surface area contributed by atoms with Crippen molar-refractivity contribution in [2.24, 2.45) is 0 Å². The summed E-state index contributed by atoms with van der Waals surface area (Å²) in [4.78, 5) is 20.9. The molecule has 122 valence electrons. The van der Waals surface area contributed by atoms with E-state index in [0.29, 0.717) is 11.5 Å². The fourth-order valence-corrected chi connectivity index (χ4v) is 3.03. The van der Waals surface area contributed by atoms with Gasteiger partial charge >= 0.3 is 0 Å². The van der Waals surface area contributed by atoms with Crippen LogP contribution in [-0.2, 0) is 0 Å². The first kappa shape index (κ1) is 15.5. The van der Waals surface area contributed by atoms with Crippen molar-refractivity contribution < 1.29 is 4.79 Å². The van der Waals surface area contributed by atoms with Gasteiger partial charge in [0.2, 0.25) is 0 Å². The monoisotopic (exact) mass is 313 g/mol. The average Bonchev–Trinajstić information content (AvgIpc) is 3.01. The van der Waals surface area contributed by atoms with Crippen molar-refractivity contribution in [3.05, 3.63) is 41.3 Å². The molecule has 1 aliphatic rings. The molecule has 0 unspecified atom stereocenters. The van der Waals surface area contributed by atoms with Gasteiger partial charge in [0.25, 0.3) is 5.91 Å². The summed E-state index contributed by atoms with van der Waals surface area (Å²) >= 11 is 0. The predicted molar refractivity (Wildman–Crippen MR) is 89.8 cm³/mol. The first-order valence-corrected chi connectivity index (χ1v) is 7.99. The lowest BCUT2D eigenvalue weighted by atomic mass is 9.94. The summed E-state index contributed by atoms with van der Waals surface area (Å²) in [6, 6.07) is 5.72. The highest BCUT2D eigenvalue weighted by Crippen LogP contribution is 2.27. The third kappa shape index (κ3) is 3.36. The van der Waals surface area contributed by atoms with Gasteiger partial charge in [-0.3, -0.25) is 9.89 Å². The number of hydrogen-bond donors (Lipinski definition) is 1. The van der Waals surface area contributed by atoms with E-state index in [9.17, 15) is 4.79 Å². The molecule has 0 saturated carbocycles. The second kappa shape index (κ2) is 6.40. The number of H-pyrrole nitrogens is 1. The topological polar surface area (TPSA) is 65.1 Å². The van der Waals surface area contributed by atoms with Crippen LogP contribution in [0.5, 0.6) is 0 Å². The summed E-state index contributed by atoms with van der Waals surface area (Å²) in [5.41, 5.74) is 2.82. The Bertz CT molecular complexity index is 694. The second-order valence-corrected chi connectivity index (χ2v) is 6.36. The van der Waals surface area contributed by atoms with Crippen LogP contribution in [0.3, 0.4) is 0 Å². The van der Waals surface area contributed by atoms with Gasteiger partial charge in [0.05, 0.1) is 5.69 Å². The second-order valence-electron chi connectivity index (χ2n) is 6.36. The van der Waals surface area contributed by atoms with Gasteiger partial charge in [-0.15, -0.1) is 0 Å². The Morgan fingerprint density at radius 2 is 2.22 bits per heavy atom. The lowest BCUT2D eigenvalue weighted by molar-refractivity contribution is 0.0706. The number of anilines is 1. The number of hydrogen-bond acceptors (Lipinski definition) is 4. The Labute approximate surface area is 136 Å². The van der Waals surface area contributed by atoms with Crippen LogP contribution in [0.25, 0.3) is 0 Å². The third-order valence-electron chi connectivity index (χ3n) is 4.30. The smallest absolute Gasteiger partial charge is 0.254 e. The van der Waals surface area contributed by atoms with Crippen molar-refractivity contribution in [3.63, 3.8) is 0 Å². The Hall–Kier alpha value is -2.37. The average molecular weight is 313 g/mol. The molecule has 3 heterocycles. The molecule has 2 aromatic rings. The number of aromatic nitrogens is 3. The molecule has 1 N–H and O–H groups in total. The SMILES string of the molecule is Cc1cc([C@@H]2CCCN(C(=O)c3ccnc(N(C)C)c3)C2)n[nH]1. The fourth-order valence-electron chi connectivity index (χ4n) is 3.03. The molecule has 1 aliphatic heterocycles. The zero-order valence-corrected chi connectivity index (χ0v) is 13.9. The minimum absolute atomic E-state index is 0.0763. The summed E-state index contributed by atoms with van der Waals surface area (Å²) < 4.78 is 0. The van der Waals surface area contributed by atoms with Crippen molar-refractivity contribution in [3.8, 4) is 0 Å². The molecular formula is C17H23N5O. The molecule has 1 atom stereocenters. The van der Waals surface area contributed by atoms with Crippen LogP contribution >= 0.6 is 0 Å². The minimum atomic E-state index is 0.0763.